The van der Waals surface area contributed by atoms with Gasteiger partial charge in [0.05, 0.1) is 13.7 Å². The quantitative estimate of drug-likeness (QED) is 0.604. The first-order valence-corrected chi connectivity index (χ1v) is 8.74. The average molecular weight is 350 g/mol. The number of methoxy groups -OCH3 is 1. The molecule has 0 radical (unpaired) electrons. The first-order valence-electron chi connectivity index (χ1n) is 8.74. The van der Waals surface area contributed by atoms with Crippen LogP contribution in [0.15, 0.2) is 60.7 Å². The van der Waals surface area contributed by atoms with Crippen LogP contribution in [0.5, 0.6) is 5.75 Å². The zero-order chi connectivity index (χ0) is 18.5. The number of benzene rings is 2. The Morgan fingerprint density at radius 3 is 2.38 bits per heavy atom. The summed E-state index contributed by atoms with van der Waals surface area (Å²) in [5, 5.41) is 0. The molecule has 26 heavy (non-hydrogen) atoms. The Kier molecular flexibility index (Phi) is 5.52. The van der Waals surface area contributed by atoms with E-state index in [1.807, 2.05) is 54.6 Å². The van der Waals surface area contributed by atoms with Crippen LogP contribution < -0.4 is 4.74 Å². The molecule has 0 unspecified atom stereocenters. The second-order valence-corrected chi connectivity index (χ2v) is 6.25. The Balaban J connectivity index is 2.00. The first-order chi connectivity index (χ1) is 12.6. The predicted molar refractivity (Wildman–Crippen MR) is 99.9 cm³/mol. The van der Waals surface area contributed by atoms with Gasteiger partial charge in [0, 0.05) is 5.92 Å². The highest BCUT2D eigenvalue weighted by molar-refractivity contribution is 6.10. The van der Waals surface area contributed by atoms with Crippen molar-refractivity contribution in [3.8, 4) is 5.75 Å². The predicted octanol–water partition coefficient (Wildman–Crippen LogP) is 4.01. The highest BCUT2D eigenvalue weighted by atomic mass is 16.5. The van der Waals surface area contributed by atoms with Crippen LogP contribution in [0.4, 0.5) is 0 Å². The molecule has 1 aliphatic carbocycles. The van der Waals surface area contributed by atoms with Gasteiger partial charge >= 0.3 is 5.97 Å². The minimum atomic E-state index is -0.809. The molecule has 0 heterocycles. The Morgan fingerprint density at radius 2 is 1.77 bits per heavy atom. The molecule has 0 fully saturated rings. The normalized spacial score (nSPS) is 19.6. The van der Waals surface area contributed by atoms with Gasteiger partial charge in [-0.25, -0.2) is 0 Å². The van der Waals surface area contributed by atoms with Crippen molar-refractivity contribution >= 4 is 17.3 Å². The summed E-state index contributed by atoms with van der Waals surface area (Å²) in [6.45, 7) is 2.01. The van der Waals surface area contributed by atoms with Gasteiger partial charge in [0.2, 0.25) is 0 Å². The average Bonchev–Trinajstić information content (AvgIpc) is 2.68. The number of rotatable bonds is 5. The van der Waals surface area contributed by atoms with Gasteiger partial charge in [0.25, 0.3) is 0 Å². The third kappa shape index (κ3) is 3.69. The highest BCUT2D eigenvalue weighted by Gasteiger charge is 2.39. The van der Waals surface area contributed by atoms with Crippen LogP contribution in [0.1, 0.15) is 30.4 Å². The second-order valence-electron chi connectivity index (χ2n) is 6.25. The lowest BCUT2D eigenvalue weighted by molar-refractivity contribution is -0.151. The van der Waals surface area contributed by atoms with Gasteiger partial charge in [0.1, 0.15) is 11.7 Å². The van der Waals surface area contributed by atoms with Crippen LogP contribution >= 0.6 is 0 Å². The second kappa shape index (κ2) is 8.00. The molecule has 0 aliphatic heterocycles. The Hall–Kier alpha value is -2.88. The molecule has 4 nitrogen and oxygen atoms in total. The third-order valence-corrected chi connectivity index (χ3v) is 4.69. The Labute approximate surface area is 153 Å². The molecular formula is C22H22O4. The van der Waals surface area contributed by atoms with Gasteiger partial charge in [-0.15, -0.1) is 0 Å². The molecule has 2 atom stereocenters. The van der Waals surface area contributed by atoms with E-state index in [4.69, 9.17) is 9.47 Å². The van der Waals surface area contributed by atoms with Crippen LogP contribution in [0.2, 0.25) is 0 Å². The van der Waals surface area contributed by atoms with E-state index in [-0.39, 0.29) is 18.3 Å². The fourth-order valence-electron chi connectivity index (χ4n) is 3.40. The summed E-state index contributed by atoms with van der Waals surface area (Å²) < 4.78 is 10.4. The number of allylic oxidation sites excluding steroid dienone is 2. The largest absolute Gasteiger partial charge is 0.497 e. The van der Waals surface area contributed by atoms with Crippen molar-refractivity contribution in [3.05, 3.63) is 71.8 Å². The zero-order valence-corrected chi connectivity index (χ0v) is 15.0. The molecule has 0 saturated carbocycles. The summed E-state index contributed by atoms with van der Waals surface area (Å²) >= 11 is 0. The first kappa shape index (κ1) is 17.9. The van der Waals surface area contributed by atoms with Crippen molar-refractivity contribution in [2.24, 2.45) is 5.92 Å². The smallest absolute Gasteiger partial charge is 0.317 e. The molecule has 1 aliphatic rings. The van der Waals surface area contributed by atoms with Crippen LogP contribution in [-0.4, -0.2) is 25.5 Å². The highest BCUT2D eigenvalue weighted by Crippen LogP contribution is 2.40. The lowest BCUT2D eigenvalue weighted by Gasteiger charge is -2.29. The standard InChI is InChI=1S/C22H22O4/c1-3-26-22(24)21-19(16-9-11-18(25-2)12-10-16)13-17(14-20(21)23)15-7-5-4-6-8-15/h4-12,14,19,21H,3,13H2,1-2H3/t19-,21-/m1/s1. The molecule has 134 valence electrons. The van der Waals surface area contributed by atoms with Crippen molar-refractivity contribution in [1.29, 1.82) is 0 Å². The SMILES string of the molecule is CCOC(=O)[C@H]1C(=O)C=C(c2ccccc2)C[C@@H]1c1ccc(OC)cc1. The Morgan fingerprint density at radius 1 is 1.08 bits per heavy atom. The molecule has 2 aromatic rings. The molecular weight excluding hydrogens is 328 g/mol. The number of ketones is 1. The van der Waals surface area contributed by atoms with Gasteiger partial charge in [-0.2, -0.15) is 0 Å². The minimum Gasteiger partial charge on any atom is -0.497 e. The van der Waals surface area contributed by atoms with E-state index in [9.17, 15) is 9.59 Å². The van der Waals surface area contributed by atoms with E-state index < -0.39 is 11.9 Å². The fraction of sp³-hybridized carbons (Fsp3) is 0.273. The maximum atomic E-state index is 12.8. The molecule has 4 heteroatoms. The van der Waals surface area contributed by atoms with Gasteiger partial charge < -0.3 is 9.47 Å². The molecule has 0 amide bonds. The number of hydrogen-bond donors (Lipinski definition) is 0. The summed E-state index contributed by atoms with van der Waals surface area (Å²) in [5.41, 5.74) is 2.87. The lowest BCUT2D eigenvalue weighted by atomic mass is 9.73. The molecule has 0 N–H and O–H groups in total. The van der Waals surface area contributed by atoms with Crippen molar-refractivity contribution in [2.75, 3.05) is 13.7 Å². The minimum absolute atomic E-state index is 0.200. The van der Waals surface area contributed by atoms with E-state index in [1.54, 1.807) is 20.1 Å². The van der Waals surface area contributed by atoms with Crippen molar-refractivity contribution in [2.45, 2.75) is 19.3 Å². The summed E-state index contributed by atoms with van der Waals surface area (Å²) in [7, 11) is 1.61. The molecule has 2 aromatic carbocycles. The summed E-state index contributed by atoms with van der Waals surface area (Å²) in [5.74, 6) is -0.984. The van der Waals surface area contributed by atoms with Crippen LogP contribution in [-0.2, 0) is 14.3 Å². The van der Waals surface area contributed by atoms with Gasteiger partial charge in [0.15, 0.2) is 5.78 Å². The lowest BCUT2D eigenvalue weighted by Crippen LogP contribution is -2.34. The van der Waals surface area contributed by atoms with Crippen LogP contribution in [0.25, 0.3) is 5.57 Å². The molecule has 0 bridgehead atoms. The fourth-order valence-corrected chi connectivity index (χ4v) is 3.40. The van der Waals surface area contributed by atoms with E-state index in [0.29, 0.717) is 6.42 Å². The van der Waals surface area contributed by atoms with Crippen LogP contribution in [0.3, 0.4) is 0 Å². The topological polar surface area (TPSA) is 52.6 Å². The van der Waals surface area contributed by atoms with Gasteiger partial charge in [-0.1, -0.05) is 42.5 Å². The maximum Gasteiger partial charge on any atom is 0.317 e. The molecule has 0 aromatic heterocycles. The number of carbonyl (C=O) groups is 2. The molecule has 3 rings (SSSR count). The summed E-state index contributed by atoms with van der Waals surface area (Å²) in [4.78, 5) is 25.3. The monoisotopic (exact) mass is 350 g/mol. The number of ether oxygens (including phenoxy) is 2. The number of esters is 1. The van der Waals surface area contributed by atoms with Crippen molar-refractivity contribution < 1.29 is 19.1 Å². The van der Waals surface area contributed by atoms with Crippen LogP contribution in [0, 0.1) is 5.92 Å². The summed E-state index contributed by atoms with van der Waals surface area (Å²) in [6.07, 6.45) is 2.20. The van der Waals surface area contributed by atoms with E-state index >= 15 is 0 Å². The maximum absolute atomic E-state index is 12.8. The Bertz CT molecular complexity index is 806. The van der Waals surface area contributed by atoms with E-state index in [1.165, 1.54) is 0 Å². The summed E-state index contributed by atoms with van der Waals surface area (Å²) in [6, 6.07) is 17.3. The van der Waals surface area contributed by atoms with Gasteiger partial charge in [-0.3, -0.25) is 9.59 Å². The zero-order valence-electron chi connectivity index (χ0n) is 15.0. The van der Waals surface area contributed by atoms with E-state index in [0.717, 1.165) is 22.4 Å². The molecule has 0 spiro atoms. The van der Waals surface area contributed by atoms with Gasteiger partial charge in [-0.05, 0) is 48.3 Å². The van der Waals surface area contributed by atoms with E-state index in [2.05, 4.69) is 0 Å². The third-order valence-electron chi connectivity index (χ3n) is 4.69. The molecule has 0 saturated heterocycles. The van der Waals surface area contributed by atoms with Crippen molar-refractivity contribution in [1.82, 2.24) is 0 Å². The van der Waals surface area contributed by atoms with Crippen molar-refractivity contribution in [3.63, 3.8) is 0 Å². The number of carbonyl (C=O) groups excluding carboxylic acids is 2. The number of hydrogen-bond acceptors (Lipinski definition) is 4.